The molecule has 1 aromatic rings. The van der Waals surface area contributed by atoms with Gasteiger partial charge in [-0.25, -0.2) is 4.79 Å². The molecule has 0 fully saturated rings. The Hall–Kier alpha value is -1.95. The molecule has 1 unspecified atom stereocenters. The van der Waals surface area contributed by atoms with Crippen molar-refractivity contribution >= 4 is 6.09 Å². The smallest absolute Gasteiger partial charge is 0.408 e. The van der Waals surface area contributed by atoms with Crippen molar-refractivity contribution in [1.82, 2.24) is 5.32 Å². The summed E-state index contributed by atoms with van der Waals surface area (Å²) in [7, 11) is 3.13. The lowest BCUT2D eigenvalue weighted by Crippen LogP contribution is -2.52. The monoisotopic (exact) mass is 325 g/mol. The molecule has 0 aliphatic rings. The first-order valence-corrected chi connectivity index (χ1v) is 7.45. The van der Waals surface area contributed by atoms with E-state index in [0.29, 0.717) is 17.9 Å². The fourth-order valence-electron chi connectivity index (χ4n) is 2.13. The summed E-state index contributed by atoms with van der Waals surface area (Å²) in [6.45, 7) is 6.90. The third kappa shape index (κ3) is 5.98. The number of nitrogens with one attached hydrogen (secondary N) is 1. The highest BCUT2D eigenvalue weighted by atomic mass is 16.6. The number of methoxy groups -OCH3 is 2. The summed E-state index contributed by atoms with van der Waals surface area (Å²) in [5.41, 5.74) is -0.540. The first-order valence-electron chi connectivity index (χ1n) is 7.45. The molecule has 130 valence electrons. The summed E-state index contributed by atoms with van der Waals surface area (Å²) in [6.07, 6.45) is -0.141. The van der Waals surface area contributed by atoms with Crippen LogP contribution in [-0.4, -0.2) is 43.2 Å². The molecule has 0 radical (unpaired) electrons. The van der Waals surface area contributed by atoms with Crippen molar-refractivity contribution in [3.05, 3.63) is 23.8 Å². The second kappa shape index (κ2) is 7.55. The predicted molar refractivity (Wildman–Crippen MR) is 88.1 cm³/mol. The minimum Gasteiger partial charge on any atom is -0.493 e. The van der Waals surface area contributed by atoms with Gasteiger partial charge in [0, 0.05) is 0 Å². The van der Waals surface area contributed by atoms with Gasteiger partial charge in [0.2, 0.25) is 0 Å². The van der Waals surface area contributed by atoms with E-state index in [2.05, 4.69) is 5.32 Å². The van der Waals surface area contributed by atoms with Crippen LogP contribution in [0.3, 0.4) is 0 Å². The zero-order valence-electron chi connectivity index (χ0n) is 14.7. The first kappa shape index (κ1) is 19.1. The van der Waals surface area contributed by atoms with Crippen LogP contribution in [0.5, 0.6) is 11.5 Å². The predicted octanol–water partition coefficient (Wildman–Crippen LogP) is 2.52. The lowest BCUT2D eigenvalue weighted by molar-refractivity contribution is 0.0415. The number of rotatable bonds is 6. The molecule has 0 aliphatic carbocycles. The maximum atomic E-state index is 12.0. The first-order chi connectivity index (χ1) is 10.6. The van der Waals surface area contributed by atoms with Crippen molar-refractivity contribution in [2.24, 2.45) is 0 Å². The minimum absolute atomic E-state index is 0.222. The summed E-state index contributed by atoms with van der Waals surface area (Å²) in [6, 6.07) is 5.48. The summed E-state index contributed by atoms with van der Waals surface area (Å²) in [5.74, 6) is 1.23. The van der Waals surface area contributed by atoms with Crippen molar-refractivity contribution in [2.75, 3.05) is 20.8 Å². The molecule has 2 N–H and O–H groups in total. The fourth-order valence-corrected chi connectivity index (χ4v) is 2.13. The van der Waals surface area contributed by atoms with E-state index in [4.69, 9.17) is 14.2 Å². The van der Waals surface area contributed by atoms with Gasteiger partial charge in [0.25, 0.3) is 0 Å². The van der Waals surface area contributed by atoms with E-state index in [9.17, 15) is 9.90 Å². The van der Waals surface area contributed by atoms with Gasteiger partial charge in [-0.3, -0.25) is 0 Å². The molecule has 23 heavy (non-hydrogen) atoms. The molecule has 0 heterocycles. The largest absolute Gasteiger partial charge is 0.493 e. The summed E-state index contributed by atoms with van der Waals surface area (Å²) in [4.78, 5) is 12.0. The molecule has 6 nitrogen and oxygen atoms in total. The molecule has 0 saturated heterocycles. The van der Waals surface area contributed by atoms with Crippen molar-refractivity contribution < 1.29 is 24.1 Å². The van der Waals surface area contributed by atoms with E-state index in [1.54, 1.807) is 48.0 Å². The van der Waals surface area contributed by atoms with Gasteiger partial charge >= 0.3 is 6.09 Å². The van der Waals surface area contributed by atoms with Crippen molar-refractivity contribution in [2.45, 2.75) is 45.3 Å². The van der Waals surface area contributed by atoms with Crippen LogP contribution >= 0.6 is 0 Å². The Morgan fingerprint density at radius 1 is 1.13 bits per heavy atom. The molecule has 0 spiro atoms. The van der Waals surface area contributed by atoms with Crippen LogP contribution in [0.15, 0.2) is 18.2 Å². The molecule has 0 aromatic heterocycles. The van der Waals surface area contributed by atoms with Gasteiger partial charge in [-0.2, -0.15) is 0 Å². The van der Waals surface area contributed by atoms with E-state index in [1.807, 2.05) is 12.1 Å². The van der Waals surface area contributed by atoms with E-state index >= 15 is 0 Å². The number of ether oxygens (including phenoxy) is 3. The molecular formula is C17H27NO5. The highest BCUT2D eigenvalue weighted by Gasteiger charge is 2.29. The Kier molecular flexibility index (Phi) is 6.27. The SMILES string of the molecule is COc1ccc(CC(C)(CO)NC(=O)OC(C)(C)C)cc1OC. The van der Waals surface area contributed by atoms with E-state index in [1.165, 1.54) is 0 Å². The molecule has 0 saturated carbocycles. The number of hydrogen-bond donors (Lipinski definition) is 2. The Morgan fingerprint density at radius 3 is 2.22 bits per heavy atom. The highest BCUT2D eigenvalue weighted by Crippen LogP contribution is 2.29. The number of carbonyl (C=O) groups is 1. The number of amides is 1. The van der Waals surface area contributed by atoms with Crippen molar-refractivity contribution in [1.29, 1.82) is 0 Å². The molecule has 0 bridgehead atoms. The Bertz CT molecular complexity index is 538. The topological polar surface area (TPSA) is 77.0 Å². The van der Waals surface area contributed by atoms with Crippen LogP contribution in [0.2, 0.25) is 0 Å². The third-order valence-corrected chi connectivity index (χ3v) is 3.19. The number of alkyl carbamates (subject to hydrolysis) is 1. The normalized spacial score (nSPS) is 13.9. The number of benzene rings is 1. The third-order valence-electron chi connectivity index (χ3n) is 3.19. The molecule has 6 heteroatoms. The van der Waals surface area contributed by atoms with Gasteiger partial charge in [-0.15, -0.1) is 0 Å². The van der Waals surface area contributed by atoms with E-state index < -0.39 is 17.2 Å². The standard InChI is InChI=1S/C17H27NO5/c1-16(2,3)23-15(20)18-17(4,11-19)10-12-7-8-13(21-5)14(9-12)22-6/h7-9,19H,10-11H2,1-6H3,(H,18,20). The quantitative estimate of drug-likeness (QED) is 0.840. The summed E-state index contributed by atoms with van der Waals surface area (Å²) in [5, 5.41) is 12.4. The van der Waals surface area contributed by atoms with Gasteiger partial charge in [0.1, 0.15) is 5.60 Å². The number of aliphatic hydroxyl groups excluding tert-OH is 1. The van der Waals surface area contributed by atoms with E-state index in [-0.39, 0.29) is 6.61 Å². The van der Waals surface area contributed by atoms with Crippen LogP contribution in [0.4, 0.5) is 4.79 Å². The number of aliphatic hydroxyl groups is 1. The second-order valence-electron chi connectivity index (χ2n) is 6.71. The summed E-state index contributed by atoms with van der Waals surface area (Å²) < 4.78 is 15.7. The fraction of sp³-hybridized carbons (Fsp3) is 0.588. The maximum absolute atomic E-state index is 12.0. The Labute approximate surface area is 137 Å². The van der Waals surface area contributed by atoms with E-state index in [0.717, 1.165) is 5.56 Å². The van der Waals surface area contributed by atoms with Gasteiger partial charge in [-0.1, -0.05) is 6.07 Å². The molecule has 0 aliphatic heterocycles. The lowest BCUT2D eigenvalue weighted by atomic mass is 9.93. The zero-order chi connectivity index (χ0) is 17.7. The molecule has 1 aromatic carbocycles. The average molecular weight is 325 g/mol. The van der Waals surface area contributed by atoms with Crippen LogP contribution in [0.25, 0.3) is 0 Å². The maximum Gasteiger partial charge on any atom is 0.408 e. The molecule has 1 atom stereocenters. The molecule has 1 amide bonds. The van der Waals surface area contributed by atoms with Crippen molar-refractivity contribution in [3.8, 4) is 11.5 Å². The highest BCUT2D eigenvalue weighted by molar-refractivity contribution is 5.68. The Balaban J connectivity index is 2.87. The second-order valence-corrected chi connectivity index (χ2v) is 6.71. The molecule has 1 rings (SSSR count). The van der Waals surface area contributed by atoms with Gasteiger partial charge in [0.05, 0.1) is 26.4 Å². The van der Waals surface area contributed by atoms with Gasteiger partial charge in [-0.05, 0) is 51.8 Å². The van der Waals surface area contributed by atoms with Crippen LogP contribution in [-0.2, 0) is 11.2 Å². The number of hydrogen-bond acceptors (Lipinski definition) is 5. The van der Waals surface area contributed by atoms with Crippen LogP contribution in [0, 0.1) is 0 Å². The van der Waals surface area contributed by atoms with Crippen LogP contribution in [0.1, 0.15) is 33.3 Å². The zero-order valence-corrected chi connectivity index (χ0v) is 14.7. The Morgan fingerprint density at radius 2 is 1.74 bits per heavy atom. The van der Waals surface area contributed by atoms with Crippen LogP contribution < -0.4 is 14.8 Å². The minimum atomic E-state index is -0.845. The number of carbonyl (C=O) groups excluding carboxylic acids is 1. The van der Waals surface area contributed by atoms with Crippen molar-refractivity contribution in [3.63, 3.8) is 0 Å². The summed E-state index contributed by atoms with van der Waals surface area (Å²) >= 11 is 0. The molecular weight excluding hydrogens is 298 g/mol. The van der Waals surface area contributed by atoms with Gasteiger partial charge in [0.15, 0.2) is 11.5 Å². The van der Waals surface area contributed by atoms with Gasteiger partial charge < -0.3 is 24.6 Å². The average Bonchev–Trinajstić information content (AvgIpc) is 2.44. The lowest BCUT2D eigenvalue weighted by Gasteiger charge is -2.30.